The molecule has 1 atom stereocenters. The fraction of sp³-hybridized carbons (Fsp3) is 0.333. The van der Waals surface area contributed by atoms with E-state index in [0.717, 1.165) is 71.6 Å². The summed E-state index contributed by atoms with van der Waals surface area (Å²) in [6.07, 6.45) is 7.84. The summed E-state index contributed by atoms with van der Waals surface area (Å²) in [5, 5.41) is 16.1. The first-order chi connectivity index (χ1) is 18.1. The Morgan fingerprint density at radius 2 is 1.78 bits per heavy atom. The molecule has 1 saturated heterocycles. The minimum atomic E-state index is -0.598. The molecule has 1 aliphatic carbocycles. The van der Waals surface area contributed by atoms with Gasteiger partial charge in [0.05, 0.1) is 22.5 Å². The topological polar surface area (TPSA) is 90.0 Å². The number of aliphatic hydroxyl groups is 1. The van der Waals surface area contributed by atoms with Crippen molar-refractivity contribution >= 4 is 22.4 Å². The summed E-state index contributed by atoms with van der Waals surface area (Å²) in [7, 11) is 0. The lowest BCUT2D eigenvalue weighted by Crippen LogP contribution is -2.58. The second kappa shape index (κ2) is 8.71. The number of likely N-dealkylation sites (tertiary alicyclic amines) is 1. The molecule has 3 aliphatic heterocycles. The molecule has 2 fully saturated rings. The van der Waals surface area contributed by atoms with Gasteiger partial charge in [-0.05, 0) is 50.9 Å². The number of pyridine rings is 1. The summed E-state index contributed by atoms with van der Waals surface area (Å²) in [5.41, 5.74) is 11.7. The van der Waals surface area contributed by atoms with Gasteiger partial charge in [-0.15, -0.1) is 0 Å². The molecule has 2 aromatic carbocycles. The summed E-state index contributed by atoms with van der Waals surface area (Å²) in [4.78, 5) is 14.0. The van der Waals surface area contributed by atoms with E-state index in [1.54, 1.807) is 6.20 Å². The van der Waals surface area contributed by atoms with E-state index < -0.39 is 5.60 Å². The molecule has 0 amide bonds. The lowest BCUT2D eigenvalue weighted by Gasteiger charge is -2.49. The number of β-amino-alcohol motifs (C(OH)–C–C–N with tert-alkyl or cyclic N) is 1. The van der Waals surface area contributed by atoms with E-state index in [1.165, 1.54) is 12.8 Å². The number of nitrogens with one attached hydrogen (secondary N) is 1. The van der Waals surface area contributed by atoms with Crippen molar-refractivity contribution in [3.63, 3.8) is 0 Å². The van der Waals surface area contributed by atoms with Gasteiger partial charge in [0.1, 0.15) is 17.7 Å². The van der Waals surface area contributed by atoms with Crippen LogP contribution in [0, 0.1) is 5.92 Å². The minimum Gasteiger partial charge on any atom is -0.389 e. The van der Waals surface area contributed by atoms with Crippen LogP contribution in [0.1, 0.15) is 31.2 Å². The van der Waals surface area contributed by atoms with Crippen LogP contribution >= 0.6 is 0 Å². The molecule has 3 aromatic rings. The fourth-order valence-electron chi connectivity index (χ4n) is 6.46. The van der Waals surface area contributed by atoms with Crippen LogP contribution in [0.5, 0.6) is 0 Å². The number of aliphatic imine (C=N–C) groups is 1. The first kappa shape index (κ1) is 22.5. The number of nitrogens with two attached hydrogens (primary N) is 1. The average molecular weight is 493 g/mol. The average Bonchev–Trinajstić information content (AvgIpc) is 3.55. The summed E-state index contributed by atoms with van der Waals surface area (Å²) in [5.74, 6) is 0.823. The highest BCUT2D eigenvalue weighted by Crippen LogP contribution is 2.45. The third kappa shape index (κ3) is 3.99. The number of hydrogen-bond donors (Lipinski definition) is 3. The van der Waals surface area contributed by atoms with E-state index >= 15 is 0 Å². The number of rotatable bonds is 5. The van der Waals surface area contributed by atoms with Gasteiger partial charge >= 0.3 is 0 Å². The van der Waals surface area contributed by atoms with E-state index in [1.807, 2.05) is 24.4 Å². The van der Waals surface area contributed by atoms with Crippen LogP contribution in [0.25, 0.3) is 27.9 Å². The third-order valence-electron chi connectivity index (χ3n) is 8.27. The minimum absolute atomic E-state index is 0.0356. The normalized spacial score (nSPS) is 27.3. The van der Waals surface area contributed by atoms with Gasteiger partial charge in [0, 0.05) is 41.4 Å². The Morgan fingerprint density at radius 3 is 2.59 bits per heavy atom. The van der Waals surface area contributed by atoms with Gasteiger partial charge in [-0.3, -0.25) is 0 Å². The molecule has 0 radical (unpaired) electrons. The van der Waals surface area contributed by atoms with Gasteiger partial charge in [-0.25, -0.2) is 9.98 Å². The number of amidine groups is 1. The first-order valence-corrected chi connectivity index (χ1v) is 13.3. The Balaban J connectivity index is 1.18. The fourth-order valence-corrected chi connectivity index (χ4v) is 6.46. The molecule has 1 aromatic heterocycles. The standard InChI is InChI=1S/C30H32N6O/c31-28-27-26(22-9-8-21-10-11-24(33-25(21)16-22)20-6-2-1-3-7-20)34-29(36(27)15-12-32-28)23-17-30(37,18-23)19-35-13-4-5-14-35/h1-3,6-12,15-16,23,29,34,37H,4-5,13-14,17-19H2,(H2,31,32)/t23-,29?,30-. The zero-order valence-electron chi connectivity index (χ0n) is 20.8. The molecule has 0 spiro atoms. The van der Waals surface area contributed by atoms with Gasteiger partial charge < -0.3 is 26.0 Å². The maximum Gasteiger partial charge on any atom is 0.149 e. The second-order valence-electron chi connectivity index (χ2n) is 10.9. The van der Waals surface area contributed by atoms with Crippen LogP contribution in [0.3, 0.4) is 0 Å². The summed E-state index contributed by atoms with van der Waals surface area (Å²) < 4.78 is 0. The van der Waals surface area contributed by atoms with Crippen molar-refractivity contribution in [1.82, 2.24) is 20.1 Å². The Morgan fingerprint density at radius 1 is 1.00 bits per heavy atom. The maximum absolute atomic E-state index is 11.2. The Bertz CT molecular complexity index is 1430. The van der Waals surface area contributed by atoms with E-state index in [-0.39, 0.29) is 6.17 Å². The highest BCUT2D eigenvalue weighted by molar-refractivity contribution is 6.05. The van der Waals surface area contributed by atoms with Gasteiger partial charge in [0.2, 0.25) is 0 Å². The quantitative estimate of drug-likeness (QED) is 0.501. The molecule has 1 saturated carbocycles. The van der Waals surface area contributed by atoms with Crippen LogP contribution in [-0.2, 0) is 0 Å². The van der Waals surface area contributed by atoms with Crippen molar-refractivity contribution in [3.05, 3.63) is 84.3 Å². The molecule has 1 unspecified atom stereocenters. The van der Waals surface area contributed by atoms with Crippen molar-refractivity contribution < 1.29 is 5.11 Å². The smallest absolute Gasteiger partial charge is 0.149 e. The molecule has 4 aliphatic rings. The van der Waals surface area contributed by atoms with Crippen LogP contribution in [-0.4, -0.2) is 57.1 Å². The zero-order valence-corrected chi connectivity index (χ0v) is 20.8. The predicted molar refractivity (Wildman–Crippen MR) is 147 cm³/mol. The molecule has 7 heteroatoms. The van der Waals surface area contributed by atoms with E-state index in [9.17, 15) is 5.11 Å². The zero-order chi connectivity index (χ0) is 25.0. The number of nitrogens with zero attached hydrogens (tertiary/aromatic N) is 4. The van der Waals surface area contributed by atoms with Crippen LogP contribution in [0.4, 0.5) is 0 Å². The van der Waals surface area contributed by atoms with Gasteiger partial charge in [0.15, 0.2) is 0 Å². The molecular formula is C30H32N6O. The number of benzene rings is 2. The van der Waals surface area contributed by atoms with Gasteiger partial charge in [0.25, 0.3) is 0 Å². The first-order valence-electron chi connectivity index (χ1n) is 13.3. The van der Waals surface area contributed by atoms with Crippen LogP contribution < -0.4 is 11.1 Å². The largest absolute Gasteiger partial charge is 0.389 e. The molecule has 7 nitrogen and oxygen atoms in total. The molecule has 7 rings (SSSR count). The summed E-state index contributed by atoms with van der Waals surface area (Å²) in [6.45, 7) is 2.99. The maximum atomic E-state index is 11.2. The number of hydrogen-bond acceptors (Lipinski definition) is 7. The highest BCUT2D eigenvalue weighted by atomic mass is 16.3. The van der Waals surface area contributed by atoms with Crippen LogP contribution in [0.2, 0.25) is 0 Å². The Labute approximate surface area is 217 Å². The molecule has 4 heterocycles. The number of aromatic nitrogens is 1. The molecule has 37 heavy (non-hydrogen) atoms. The van der Waals surface area contributed by atoms with Crippen molar-refractivity contribution in [1.29, 1.82) is 0 Å². The van der Waals surface area contributed by atoms with Crippen LogP contribution in [0.15, 0.2) is 83.8 Å². The summed E-state index contributed by atoms with van der Waals surface area (Å²) >= 11 is 0. The van der Waals surface area contributed by atoms with Crippen molar-refractivity contribution in [2.75, 3.05) is 19.6 Å². The van der Waals surface area contributed by atoms with E-state index in [2.05, 4.69) is 62.6 Å². The molecule has 0 bridgehead atoms. The molecule has 188 valence electrons. The van der Waals surface area contributed by atoms with Gasteiger partial charge in [-0.2, -0.15) is 0 Å². The second-order valence-corrected chi connectivity index (χ2v) is 10.9. The number of fused-ring (bicyclic) bond motifs is 2. The van der Waals surface area contributed by atoms with Crippen molar-refractivity contribution in [3.8, 4) is 11.3 Å². The third-order valence-corrected chi connectivity index (χ3v) is 8.27. The predicted octanol–water partition coefficient (Wildman–Crippen LogP) is 3.88. The van der Waals surface area contributed by atoms with Gasteiger partial charge in [-0.1, -0.05) is 48.5 Å². The lowest BCUT2D eigenvalue weighted by molar-refractivity contribution is -0.107. The summed E-state index contributed by atoms with van der Waals surface area (Å²) in [6, 6.07) is 20.8. The molecular weight excluding hydrogens is 460 g/mol. The van der Waals surface area contributed by atoms with Crippen molar-refractivity contribution in [2.24, 2.45) is 16.6 Å². The molecule has 4 N–H and O–H groups in total. The SMILES string of the molecule is NC1=NC=CN2C1=C(c1ccc3ccc(-c4ccccc4)nc3c1)NC2[C@H]1C[C@@](O)(CN2CCCC2)C1. The Hall–Kier alpha value is -3.68. The lowest BCUT2D eigenvalue weighted by atomic mass is 9.69. The van der Waals surface area contributed by atoms with Crippen molar-refractivity contribution in [2.45, 2.75) is 37.5 Å². The van der Waals surface area contributed by atoms with E-state index in [0.29, 0.717) is 11.8 Å². The highest BCUT2D eigenvalue weighted by Gasteiger charge is 2.51. The Kier molecular flexibility index (Phi) is 5.30. The van der Waals surface area contributed by atoms with E-state index in [4.69, 9.17) is 10.7 Å². The monoisotopic (exact) mass is 492 g/mol.